The van der Waals surface area contributed by atoms with Crippen molar-refractivity contribution in [2.75, 3.05) is 27.9 Å². The zero-order valence-corrected chi connectivity index (χ0v) is 21.4. The highest BCUT2D eigenvalue weighted by molar-refractivity contribution is 5.88. The molecule has 0 aliphatic heterocycles. The number of methoxy groups -OCH3 is 3. The molecule has 0 aromatic heterocycles. The third kappa shape index (κ3) is 12.5. The summed E-state index contributed by atoms with van der Waals surface area (Å²) in [5.41, 5.74) is 3.02. The molecule has 0 aliphatic rings. The number of ether oxygens (including phenoxy) is 3. The molecule has 1 aromatic carbocycles. The Kier molecular flexibility index (Phi) is 16.0. The number of nitrogens with zero attached hydrogens (tertiary/aromatic N) is 1. The topological polar surface area (TPSA) is 98.3 Å². The number of rotatable bonds is 19. The van der Waals surface area contributed by atoms with Gasteiger partial charge in [0.25, 0.3) is 5.91 Å². The molecule has 8 nitrogen and oxygen atoms in total. The van der Waals surface area contributed by atoms with E-state index < -0.39 is 5.91 Å². The van der Waals surface area contributed by atoms with Crippen molar-refractivity contribution in [1.82, 2.24) is 10.7 Å². The predicted octanol–water partition coefficient (Wildman–Crippen LogP) is 4.98. The van der Waals surface area contributed by atoms with E-state index in [1.54, 1.807) is 12.1 Å². The molecule has 0 unspecified atom stereocenters. The van der Waals surface area contributed by atoms with Crippen molar-refractivity contribution in [2.24, 2.45) is 5.10 Å². The van der Waals surface area contributed by atoms with Crippen LogP contribution < -0.4 is 25.0 Å². The number of carbonyl (C=O) groups excluding carboxylic acids is 2. The SMILES string of the molecule is CCCCCCCCCCCCCC(=O)NCC(=O)N/N=C/c1cc(OC)c(OC)cc1OC. The quantitative estimate of drug-likeness (QED) is 0.166. The second-order valence-electron chi connectivity index (χ2n) is 8.30. The molecule has 1 aromatic rings. The molecule has 0 heterocycles. The van der Waals surface area contributed by atoms with E-state index in [1.165, 1.54) is 78.9 Å². The molecule has 1 rings (SSSR count). The molecule has 0 atom stereocenters. The molecule has 0 bridgehead atoms. The fourth-order valence-electron chi connectivity index (χ4n) is 3.58. The van der Waals surface area contributed by atoms with E-state index >= 15 is 0 Å². The highest BCUT2D eigenvalue weighted by atomic mass is 16.5. The number of unbranched alkanes of at least 4 members (excludes halogenated alkanes) is 10. The van der Waals surface area contributed by atoms with Gasteiger partial charge in [-0.2, -0.15) is 5.10 Å². The van der Waals surface area contributed by atoms with Crippen LogP contribution in [0.15, 0.2) is 17.2 Å². The summed E-state index contributed by atoms with van der Waals surface area (Å²) in [6.45, 7) is 2.13. The Hall–Kier alpha value is -2.77. The fraction of sp³-hybridized carbons (Fsp3) is 0.654. The van der Waals surface area contributed by atoms with Crippen LogP contribution in [0.2, 0.25) is 0 Å². The van der Waals surface area contributed by atoms with Gasteiger partial charge in [0.2, 0.25) is 5.91 Å². The first-order valence-corrected chi connectivity index (χ1v) is 12.4. The average molecular weight is 478 g/mol. The van der Waals surface area contributed by atoms with E-state index in [0.717, 1.165) is 19.3 Å². The molecular weight excluding hydrogens is 434 g/mol. The van der Waals surface area contributed by atoms with Gasteiger partial charge in [0.15, 0.2) is 11.5 Å². The molecule has 8 heteroatoms. The summed E-state index contributed by atoms with van der Waals surface area (Å²) in [4.78, 5) is 23.9. The van der Waals surface area contributed by atoms with E-state index in [0.29, 0.717) is 29.2 Å². The van der Waals surface area contributed by atoms with Crippen LogP contribution in [0.25, 0.3) is 0 Å². The monoisotopic (exact) mass is 477 g/mol. The summed E-state index contributed by atoms with van der Waals surface area (Å²) in [6.07, 6.45) is 15.5. The molecule has 0 saturated carbocycles. The van der Waals surface area contributed by atoms with Gasteiger partial charge in [0, 0.05) is 18.1 Å². The van der Waals surface area contributed by atoms with Crippen molar-refractivity contribution < 1.29 is 23.8 Å². The summed E-state index contributed by atoms with van der Waals surface area (Å²) in [5, 5.41) is 6.57. The Morgan fingerprint density at radius 2 is 1.29 bits per heavy atom. The number of hydrogen-bond acceptors (Lipinski definition) is 6. The van der Waals surface area contributed by atoms with Crippen molar-refractivity contribution in [3.8, 4) is 17.2 Å². The number of nitrogens with one attached hydrogen (secondary N) is 2. The van der Waals surface area contributed by atoms with Crippen LogP contribution in [0.5, 0.6) is 17.2 Å². The van der Waals surface area contributed by atoms with E-state index in [-0.39, 0.29) is 12.5 Å². The van der Waals surface area contributed by atoms with Gasteiger partial charge in [-0.1, -0.05) is 71.1 Å². The Balaban J connectivity index is 2.19. The molecule has 0 radical (unpaired) electrons. The summed E-state index contributed by atoms with van der Waals surface area (Å²) in [5.74, 6) is 1.06. The highest BCUT2D eigenvalue weighted by Gasteiger charge is 2.11. The van der Waals surface area contributed by atoms with Crippen molar-refractivity contribution in [3.63, 3.8) is 0 Å². The van der Waals surface area contributed by atoms with Gasteiger partial charge in [-0.05, 0) is 12.5 Å². The molecule has 192 valence electrons. The number of hydrazone groups is 1. The normalized spacial score (nSPS) is 10.8. The Morgan fingerprint density at radius 1 is 0.765 bits per heavy atom. The number of carbonyl (C=O) groups is 2. The van der Waals surface area contributed by atoms with Crippen LogP contribution in [0.1, 0.15) is 89.5 Å². The minimum atomic E-state index is -0.400. The Bertz CT molecular complexity index is 752. The lowest BCUT2D eigenvalue weighted by atomic mass is 10.1. The Morgan fingerprint density at radius 3 is 1.85 bits per heavy atom. The Labute approximate surface area is 204 Å². The fourth-order valence-corrected chi connectivity index (χ4v) is 3.58. The van der Waals surface area contributed by atoms with Gasteiger partial charge in [-0.25, -0.2) is 5.43 Å². The standard InChI is InChI=1S/C26H43N3O5/c1-5-6-7-8-9-10-11-12-13-14-15-16-25(30)27-20-26(31)29-28-19-21-17-23(33-3)24(34-4)18-22(21)32-2/h17-19H,5-16,20H2,1-4H3,(H,27,30)(H,29,31)/b28-19+. The molecule has 0 fully saturated rings. The number of benzene rings is 1. The lowest BCUT2D eigenvalue weighted by Gasteiger charge is -2.11. The average Bonchev–Trinajstić information content (AvgIpc) is 2.85. The molecule has 2 amide bonds. The second-order valence-corrected chi connectivity index (χ2v) is 8.30. The van der Waals surface area contributed by atoms with Crippen LogP contribution in [0.3, 0.4) is 0 Å². The van der Waals surface area contributed by atoms with Gasteiger partial charge < -0.3 is 19.5 Å². The maximum absolute atomic E-state index is 12.0. The summed E-state index contributed by atoms with van der Waals surface area (Å²) in [7, 11) is 4.60. The minimum Gasteiger partial charge on any atom is -0.496 e. The predicted molar refractivity (Wildman–Crippen MR) is 136 cm³/mol. The minimum absolute atomic E-state index is 0.114. The zero-order valence-electron chi connectivity index (χ0n) is 21.4. The van der Waals surface area contributed by atoms with Crippen LogP contribution in [0.4, 0.5) is 0 Å². The smallest absolute Gasteiger partial charge is 0.259 e. The highest BCUT2D eigenvalue weighted by Crippen LogP contribution is 2.33. The van der Waals surface area contributed by atoms with Gasteiger partial charge in [0.1, 0.15) is 5.75 Å². The molecule has 2 N–H and O–H groups in total. The molecule has 34 heavy (non-hydrogen) atoms. The van der Waals surface area contributed by atoms with Crippen molar-refractivity contribution in [3.05, 3.63) is 17.7 Å². The first kappa shape index (κ1) is 29.3. The molecule has 0 saturated heterocycles. The molecule has 0 spiro atoms. The largest absolute Gasteiger partial charge is 0.496 e. The van der Waals surface area contributed by atoms with E-state index in [2.05, 4.69) is 22.8 Å². The van der Waals surface area contributed by atoms with Crippen molar-refractivity contribution >= 4 is 18.0 Å². The maximum Gasteiger partial charge on any atom is 0.259 e. The van der Waals surface area contributed by atoms with Gasteiger partial charge in [-0.15, -0.1) is 0 Å². The van der Waals surface area contributed by atoms with E-state index in [1.807, 2.05) is 0 Å². The molecule has 0 aliphatic carbocycles. The first-order chi connectivity index (χ1) is 16.5. The second kappa shape index (κ2) is 18.6. The van der Waals surface area contributed by atoms with Crippen molar-refractivity contribution in [1.29, 1.82) is 0 Å². The number of amides is 2. The van der Waals surface area contributed by atoms with Crippen LogP contribution in [0, 0.1) is 0 Å². The lowest BCUT2D eigenvalue weighted by Crippen LogP contribution is -2.34. The summed E-state index contributed by atoms with van der Waals surface area (Å²) in [6, 6.07) is 3.37. The van der Waals surface area contributed by atoms with Crippen LogP contribution in [-0.4, -0.2) is 45.9 Å². The van der Waals surface area contributed by atoms with Gasteiger partial charge >= 0.3 is 0 Å². The maximum atomic E-state index is 12.0. The van der Waals surface area contributed by atoms with E-state index in [9.17, 15) is 9.59 Å². The summed E-state index contributed by atoms with van der Waals surface area (Å²) < 4.78 is 15.8. The van der Waals surface area contributed by atoms with E-state index in [4.69, 9.17) is 14.2 Å². The third-order valence-corrected chi connectivity index (χ3v) is 5.58. The van der Waals surface area contributed by atoms with Crippen molar-refractivity contribution in [2.45, 2.75) is 84.0 Å². The molecular formula is C26H43N3O5. The van der Waals surface area contributed by atoms with Gasteiger partial charge in [0.05, 0.1) is 34.1 Å². The van der Waals surface area contributed by atoms with Crippen LogP contribution in [-0.2, 0) is 9.59 Å². The first-order valence-electron chi connectivity index (χ1n) is 12.4. The zero-order chi connectivity index (χ0) is 25.0. The van der Waals surface area contributed by atoms with Gasteiger partial charge in [-0.3, -0.25) is 9.59 Å². The third-order valence-electron chi connectivity index (χ3n) is 5.58. The summed E-state index contributed by atoms with van der Waals surface area (Å²) >= 11 is 0. The van der Waals surface area contributed by atoms with Crippen LogP contribution >= 0.6 is 0 Å². The number of hydrogen-bond donors (Lipinski definition) is 2. The lowest BCUT2D eigenvalue weighted by molar-refractivity contribution is -0.126.